The second-order valence-corrected chi connectivity index (χ2v) is 13.7. The molecule has 2 aromatic heterocycles. The number of amides is 1. The van der Waals surface area contributed by atoms with Crippen molar-refractivity contribution in [3.8, 4) is 0 Å². The third kappa shape index (κ3) is 7.45. The van der Waals surface area contributed by atoms with Gasteiger partial charge in [-0.05, 0) is 81.4 Å². The molecule has 9 nitrogen and oxygen atoms in total. The summed E-state index contributed by atoms with van der Waals surface area (Å²) in [7, 11) is 0. The molecule has 248 valence electrons. The van der Waals surface area contributed by atoms with Gasteiger partial charge in [0.2, 0.25) is 0 Å². The van der Waals surface area contributed by atoms with Crippen molar-refractivity contribution >= 4 is 39.3 Å². The molecule has 2 aromatic carbocycles. The summed E-state index contributed by atoms with van der Waals surface area (Å²) in [5.41, 5.74) is 5.30. The van der Waals surface area contributed by atoms with E-state index in [1.54, 1.807) is 0 Å². The first-order chi connectivity index (χ1) is 22.2. The van der Waals surface area contributed by atoms with Gasteiger partial charge in [-0.2, -0.15) is 0 Å². The van der Waals surface area contributed by atoms with Gasteiger partial charge in [0, 0.05) is 38.7 Å². The van der Waals surface area contributed by atoms with Crippen molar-refractivity contribution in [1.82, 2.24) is 10.3 Å². The Morgan fingerprint density at radius 2 is 1.37 bits per heavy atom. The summed E-state index contributed by atoms with van der Waals surface area (Å²) in [4.78, 5) is 60.2. The maximum absolute atomic E-state index is 13.9. The fourth-order valence-corrected chi connectivity index (χ4v) is 7.84. The number of nitrogens with one attached hydrogen (secondary N) is 2. The van der Waals surface area contributed by atoms with Gasteiger partial charge in [0.15, 0.2) is 0 Å². The fraction of sp³-hybridized carbons (Fsp3) is 0.595. The van der Waals surface area contributed by atoms with Crippen LogP contribution in [0.2, 0.25) is 0 Å². The topological polar surface area (TPSA) is 155 Å². The van der Waals surface area contributed by atoms with Gasteiger partial charge < -0.3 is 16.2 Å². The van der Waals surface area contributed by atoms with Gasteiger partial charge in [-0.3, -0.25) is 24.4 Å². The number of rotatable bonds is 13. The number of hydrogen-bond acceptors (Lipinski definition) is 5. The van der Waals surface area contributed by atoms with E-state index in [2.05, 4.69) is 24.1 Å². The summed E-state index contributed by atoms with van der Waals surface area (Å²) in [6, 6.07) is 4.23. The Morgan fingerprint density at radius 1 is 0.826 bits per heavy atom. The number of aliphatic imine (C=N–C) groups is 1. The van der Waals surface area contributed by atoms with E-state index in [0.29, 0.717) is 11.8 Å². The fourth-order valence-electron chi connectivity index (χ4n) is 7.84. The number of fused-ring (bicyclic) bond motifs is 3. The zero-order valence-corrected chi connectivity index (χ0v) is 27.5. The first-order valence-electron chi connectivity index (χ1n) is 17.6. The van der Waals surface area contributed by atoms with E-state index in [0.717, 1.165) is 51.4 Å². The lowest BCUT2D eigenvalue weighted by atomic mass is 9.82. The molecule has 9 heteroatoms. The maximum Gasteiger partial charge on any atom is 0.336 e. The second-order valence-electron chi connectivity index (χ2n) is 13.7. The van der Waals surface area contributed by atoms with Crippen LogP contribution in [0.3, 0.4) is 0 Å². The Morgan fingerprint density at radius 3 is 1.91 bits per heavy atom. The van der Waals surface area contributed by atoms with Crippen LogP contribution in [0.15, 0.2) is 32.8 Å². The summed E-state index contributed by atoms with van der Waals surface area (Å²) < 4.78 is 0. The molecule has 4 aromatic rings. The molecule has 0 atom stereocenters. The van der Waals surface area contributed by atoms with E-state index >= 15 is 0 Å². The molecule has 2 heterocycles. The lowest BCUT2D eigenvalue weighted by Gasteiger charge is -2.29. The van der Waals surface area contributed by atoms with Crippen LogP contribution in [-0.2, 0) is 0 Å². The van der Waals surface area contributed by atoms with Crippen LogP contribution in [0.1, 0.15) is 143 Å². The molecular weight excluding hydrogens is 580 g/mol. The van der Waals surface area contributed by atoms with E-state index in [1.807, 2.05) is 0 Å². The molecule has 6 rings (SSSR count). The number of aromatic amines is 1. The van der Waals surface area contributed by atoms with Gasteiger partial charge in [-0.1, -0.05) is 65.2 Å². The van der Waals surface area contributed by atoms with Crippen molar-refractivity contribution in [3.63, 3.8) is 0 Å². The molecule has 2 aliphatic rings. The highest BCUT2D eigenvalue weighted by molar-refractivity contribution is 6.27. The Labute approximate surface area is 270 Å². The molecule has 2 aliphatic carbocycles. The summed E-state index contributed by atoms with van der Waals surface area (Å²) in [5.74, 6) is -0.383. The third-order valence-electron chi connectivity index (χ3n) is 10.5. The first kappa shape index (κ1) is 33.6. The van der Waals surface area contributed by atoms with Crippen molar-refractivity contribution in [2.75, 3.05) is 0 Å². The van der Waals surface area contributed by atoms with Gasteiger partial charge in [0.1, 0.15) is 5.84 Å². The molecular formula is C37H50N4O5. The highest BCUT2D eigenvalue weighted by Gasteiger charge is 2.29. The summed E-state index contributed by atoms with van der Waals surface area (Å²) in [5, 5.41) is 14.2. The van der Waals surface area contributed by atoms with Gasteiger partial charge in [-0.25, -0.2) is 4.79 Å². The number of benzene rings is 2. The van der Waals surface area contributed by atoms with E-state index < -0.39 is 23.0 Å². The van der Waals surface area contributed by atoms with Crippen LogP contribution in [0.25, 0.3) is 21.5 Å². The predicted octanol–water partition coefficient (Wildman–Crippen LogP) is 6.89. The lowest BCUT2D eigenvalue weighted by molar-refractivity contribution is 0.0696. The Bertz CT molecular complexity index is 1680. The van der Waals surface area contributed by atoms with Crippen molar-refractivity contribution in [2.24, 2.45) is 22.6 Å². The number of carboxylic acids is 1. The molecule has 2 fully saturated rings. The number of aromatic carboxylic acids is 1. The summed E-state index contributed by atoms with van der Waals surface area (Å²) in [6.07, 6.45) is 17.3. The van der Waals surface area contributed by atoms with Crippen LogP contribution in [-0.4, -0.2) is 39.9 Å². The zero-order valence-electron chi connectivity index (χ0n) is 27.5. The predicted molar refractivity (Wildman–Crippen MR) is 184 cm³/mol. The van der Waals surface area contributed by atoms with E-state index in [9.17, 15) is 24.3 Å². The molecule has 0 spiro atoms. The van der Waals surface area contributed by atoms with Crippen LogP contribution >= 0.6 is 0 Å². The molecule has 0 saturated heterocycles. The van der Waals surface area contributed by atoms with Crippen molar-refractivity contribution < 1.29 is 14.7 Å². The minimum Gasteiger partial charge on any atom is -0.478 e. The van der Waals surface area contributed by atoms with Gasteiger partial charge in [0.25, 0.3) is 17.0 Å². The monoisotopic (exact) mass is 630 g/mol. The normalized spacial score (nSPS) is 22.3. The smallest absolute Gasteiger partial charge is 0.336 e. The third-order valence-corrected chi connectivity index (χ3v) is 10.5. The molecule has 2 saturated carbocycles. The molecule has 0 aliphatic heterocycles. The highest BCUT2D eigenvalue weighted by Crippen LogP contribution is 2.35. The number of H-pyrrole nitrogens is 1. The van der Waals surface area contributed by atoms with Crippen LogP contribution < -0.4 is 22.2 Å². The quantitative estimate of drug-likeness (QED) is 0.0916. The number of hydrogen-bond donors (Lipinski definition) is 4. The maximum atomic E-state index is 13.9. The average molecular weight is 631 g/mol. The van der Waals surface area contributed by atoms with Crippen molar-refractivity contribution in [1.29, 1.82) is 0 Å². The number of nitrogens with two attached hydrogens (primary N) is 1. The Balaban J connectivity index is 1.50. The largest absolute Gasteiger partial charge is 0.478 e. The van der Waals surface area contributed by atoms with E-state index in [1.165, 1.54) is 69.6 Å². The molecule has 1 amide bonds. The Kier molecular flexibility index (Phi) is 11.1. The number of unbranched alkanes of at least 4 members (excludes halogenated alkanes) is 4. The standard InChI is InChI=1S/C37H50N4O5/c1-3-5-7-9-22-11-15-24(16-12-22)39-33(38)32-29(37(45)46)21-28(30-26-19-20-27(31(30)32)35(43)41-34(26)42)36(44)40-25-17-13-23(14-18-25)10-8-6-4-2/h19-25H,3-18H2,1-2H3,(H2,38,39)(H,40,44)(H,45,46)(H,41,42,43). The second kappa shape index (κ2) is 15.2. The van der Waals surface area contributed by atoms with E-state index in [-0.39, 0.29) is 56.2 Å². The van der Waals surface area contributed by atoms with Gasteiger partial charge in [-0.15, -0.1) is 0 Å². The van der Waals surface area contributed by atoms with Gasteiger partial charge >= 0.3 is 5.97 Å². The summed E-state index contributed by atoms with van der Waals surface area (Å²) >= 11 is 0. The van der Waals surface area contributed by atoms with Crippen LogP contribution in [0, 0.1) is 11.8 Å². The average Bonchev–Trinajstić information content (AvgIpc) is 3.25. The minimum absolute atomic E-state index is 0.0192. The number of carboxylic acid groups (broad SMARTS) is 1. The van der Waals surface area contributed by atoms with E-state index in [4.69, 9.17) is 10.7 Å². The highest BCUT2D eigenvalue weighted by atomic mass is 16.4. The van der Waals surface area contributed by atoms with Crippen molar-refractivity contribution in [2.45, 2.75) is 129 Å². The number of nitrogens with zero attached hydrogens (tertiary/aromatic N) is 1. The van der Waals surface area contributed by atoms with Gasteiger partial charge in [0.05, 0.1) is 11.6 Å². The van der Waals surface area contributed by atoms with Crippen molar-refractivity contribution in [3.05, 3.63) is 55.6 Å². The number of aromatic nitrogens is 1. The lowest BCUT2D eigenvalue weighted by Crippen LogP contribution is -2.38. The van der Waals surface area contributed by atoms with Crippen LogP contribution in [0.5, 0.6) is 0 Å². The number of carbonyl (C=O) groups excluding carboxylic acids is 1. The molecule has 2 bridgehead atoms. The first-order valence-corrected chi connectivity index (χ1v) is 17.6. The number of amidine groups is 1. The molecule has 46 heavy (non-hydrogen) atoms. The number of carbonyl (C=O) groups is 2. The zero-order chi connectivity index (χ0) is 32.8. The minimum atomic E-state index is -1.28. The molecule has 5 N–H and O–H groups in total. The molecule has 0 radical (unpaired) electrons. The Hall–Kier alpha value is -3.75. The van der Waals surface area contributed by atoms with Crippen LogP contribution in [0.4, 0.5) is 0 Å². The SMILES string of the molecule is CCCCCC1CCC(N=C(N)c2c(C(=O)O)cc(C(=O)NC3CCC(CCCCC)CC3)c3c4ccc(c(=O)[nH]c4=O)c23)CC1. The summed E-state index contributed by atoms with van der Waals surface area (Å²) in [6.45, 7) is 4.41. The molecule has 0 unspecified atom stereocenters.